The van der Waals surface area contributed by atoms with Gasteiger partial charge in [0.15, 0.2) is 0 Å². The van der Waals surface area contributed by atoms with Gasteiger partial charge in [-0.05, 0) is 32.4 Å². The molecule has 1 aliphatic heterocycles. The summed E-state index contributed by atoms with van der Waals surface area (Å²) in [5.41, 5.74) is 0.505. The molecule has 140 valence electrons. The second-order valence-corrected chi connectivity index (χ2v) is 7.18. The number of rotatable bonds is 2. The van der Waals surface area contributed by atoms with Gasteiger partial charge < -0.3 is 14.7 Å². The lowest BCUT2D eigenvalue weighted by Crippen LogP contribution is -2.47. The van der Waals surface area contributed by atoms with E-state index in [1.165, 1.54) is 11.0 Å². The highest BCUT2D eigenvalue weighted by atomic mass is 16.6. The molecule has 1 aromatic rings. The monoisotopic (exact) mass is 360 g/mol. The highest BCUT2D eigenvalue weighted by Crippen LogP contribution is 2.24. The molecule has 0 saturated heterocycles. The van der Waals surface area contributed by atoms with E-state index in [1.54, 1.807) is 27.8 Å². The van der Waals surface area contributed by atoms with E-state index in [1.807, 2.05) is 30.3 Å². The molecule has 0 spiro atoms. The summed E-state index contributed by atoms with van der Waals surface area (Å²) in [5.74, 6) is -2.36. The minimum Gasteiger partial charge on any atom is -0.481 e. The standard InChI is InChI=1S/C19H24N2O5/c1-19(2,3)26-18(25)21-11-14(17(23)24)10-15(20(4)16(22)12-21)13-8-6-5-7-9-13/h5-10,14H,11-12H2,1-4H3,(H,23,24)/b15-10-. The van der Waals surface area contributed by atoms with Crippen molar-refractivity contribution in [2.45, 2.75) is 26.4 Å². The lowest BCUT2D eigenvalue weighted by Gasteiger charge is -2.32. The SMILES string of the molecule is CN1C(=O)CN(C(=O)OC(C)(C)C)CC(C(=O)O)/C=C\1c1ccccc1. The van der Waals surface area contributed by atoms with Crippen molar-refractivity contribution in [1.29, 1.82) is 0 Å². The van der Waals surface area contributed by atoms with Crippen molar-refractivity contribution in [2.75, 3.05) is 20.1 Å². The minimum absolute atomic E-state index is 0.139. The van der Waals surface area contributed by atoms with Crippen molar-refractivity contribution in [3.8, 4) is 0 Å². The maximum absolute atomic E-state index is 12.6. The average molecular weight is 360 g/mol. The molecule has 0 radical (unpaired) electrons. The Balaban J connectivity index is 2.39. The molecule has 1 heterocycles. The zero-order valence-corrected chi connectivity index (χ0v) is 15.4. The number of carboxylic acid groups (broad SMARTS) is 1. The average Bonchev–Trinajstić information content (AvgIpc) is 2.54. The van der Waals surface area contributed by atoms with Gasteiger partial charge in [-0.1, -0.05) is 30.3 Å². The van der Waals surface area contributed by atoms with E-state index in [0.717, 1.165) is 10.5 Å². The van der Waals surface area contributed by atoms with Gasteiger partial charge in [-0.25, -0.2) is 4.79 Å². The number of carboxylic acids is 1. The largest absolute Gasteiger partial charge is 0.481 e. The number of benzene rings is 1. The second-order valence-electron chi connectivity index (χ2n) is 7.18. The maximum Gasteiger partial charge on any atom is 0.410 e. The number of ether oxygens (including phenoxy) is 1. The molecule has 0 bridgehead atoms. The van der Waals surface area contributed by atoms with Gasteiger partial charge >= 0.3 is 12.1 Å². The molecule has 1 N–H and O–H groups in total. The molecule has 0 aromatic heterocycles. The van der Waals surface area contributed by atoms with Crippen molar-refractivity contribution in [3.63, 3.8) is 0 Å². The molecule has 0 saturated carbocycles. The summed E-state index contributed by atoms with van der Waals surface area (Å²) in [5, 5.41) is 9.58. The van der Waals surface area contributed by atoms with Gasteiger partial charge in [0, 0.05) is 19.3 Å². The molecule has 0 aliphatic carbocycles. The first-order chi connectivity index (χ1) is 12.1. The Bertz CT molecular complexity index is 721. The van der Waals surface area contributed by atoms with Crippen LogP contribution in [0, 0.1) is 5.92 Å². The van der Waals surface area contributed by atoms with E-state index >= 15 is 0 Å². The van der Waals surface area contributed by atoms with Crippen molar-refractivity contribution >= 4 is 23.7 Å². The summed E-state index contributed by atoms with van der Waals surface area (Å²) < 4.78 is 5.30. The summed E-state index contributed by atoms with van der Waals surface area (Å²) in [6.45, 7) is 4.75. The van der Waals surface area contributed by atoms with Crippen LogP contribution in [0.15, 0.2) is 36.4 Å². The molecule has 7 heteroatoms. The van der Waals surface area contributed by atoms with Crippen LogP contribution in [0.25, 0.3) is 5.70 Å². The lowest BCUT2D eigenvalue weighted by molar-refractivity contribution is -0.141. The third-order valence-corrected chi connectivity index (χ3v) is 3.88. The van der Waals surface area contributed by atoms with Crippen LogP contribution >= 0.6 is 0 Å². The lowest BCUT2D eigenvalue weighted by atomic mass is 10.0. The highest BCUT2D eigenvalue weighted by Gasteiger charge is 2.32. The summed E-state index contributed by atoms with van der Waals surface area (Å²) >= 11 is 0. The number of carbonyl (C=O) groups is 3. The number of carbonyl (C=O) groups excluding carboxylic acids is 2. The molecule has 1 unspecified atom stereocenters. The zero-order valence-electron chi connectivity index (χ0n) is 15.4. The number of nitrogens with zero attached hydrogens (tertiary/aromatic N) is 2. The fourth-order valence-corrected chi connectivity index (χ4v) is 2.57. The van der Waals surface area contributed by atoms with Crippen molar-refractivity contribution in [2.24, 2.45) is 5.92 Å². The van der Waals surface area contributed by atoms with Gasteiger partial charge in [-0.3, -0.25) is 14.5 Å². The van der Waals surface area contributed by atoms with E-state index in [4.69, 9.17) is 4.74 Å². The number of hydrogen-bond acceptors (Lipinski definition) is 4. The van der Waals surface area contributed by atoms with Crippen molar-refractivity contribution in [3.05, 3.63) is 42.0 Å². The predicted octanol–water partition coefficient (Wildman–Crippen LogP) is 2.44. The van der Waals surface area contributed by atoms with Crippen LogP contribution in [0.3, 0.4) is 0 Å². The molecule has 0 fully saturated rings. The van der Waals surface area contributed by atoms with Crippen LogP contribution in [0.5, 0.6) is 0 Å². The van der Waals surface area contributed by atoms with E-state index in [0.29, 0.717) is 5.70 Å². The third kappa shape index (κ3) is 4.84. The van der Waals surface area contributed by atoms with Crippen molar-refractivity contribution < 1.29 is 24.2 Å². The summed E-state index contributed by atoms with van der Waals surface area (Å²) in [7, 11) is 1.57. The number of likely N-dealkylation sites (N-methyl/N-ethyl adjacent to an activating group) is 1. The molecule has 2 rings (SSSR count). The Morgan fingerprint density at radius 3 is 2.35 bits per heavy atom. The van der Waals surface area contributed by atoms with Crippen LogP contribution in [0.4, 0.5) is 4.79 Å². The van der Waals surface area contributed by atoms with Crippen LogP contribution < -0.4 is 0 Å². The number of amides is 2. The maximum atomic E-state index is 12.6. The minimum atomic E-state index is -1.07. The van der Waals surface area contributed by atoms with Crippen LogP contribution in [0.2, 0.25) is 0 Å². The second kappa shape index (κ2) is 7.59. The Labute approximate surface area is 152 Å². The number of aliphatic carboxylic acids is 1. The van der Waals surface area contributed by atoms with E-state index in [9.17, 15) is 19.5 Å². The summed E-state index contributed by atoms with van der Waals surface area (Å²) in [4.78, 5) is 39.2. The molecule has 1 atom stereocenters. The van der Waals surface area contributed by atoms with Crippen LogP contribution in [-0.2, 0) is 14.3 Å². The third-order valence-electron chi connectivity index (χ3n) is 3.88. The highest BCUT2D eigenvalue weighted by molar-refractivity contribution is 5.91. The van der Waals surface area contributed by atoms with E-state index in [2.05, 4.69) is 0 Å². The van der Waals surface area contributed by atoms with E-state index < -0.39 is 23.6 Å². The Kier molecular flexibility index (Phi) is 5.69. The van der Waals surface area contributed by atoms with Crippen LogP contribution in [-0.4, -0.2) is 58.6 Å². The molecule has 2 amide bonds. The topological polar surface area (TPSA) is 87.2 Å². The summed E-state index contributed by atoms with van der Waals surface area (Å²) in [6.07, 6.45) is 0.800. The van der Waals surface area contributed by atoms with E-state index in [-0.39, 0.29) is 19.0 Å². The molecule has 1 aliphatic rings. The van der Waals surface area contributed by atoms with Crippen molar-refractivity contribution in [1.82, 2.24) is 9.80 Å². The normalized spacial score (nSPS) is 20.7. The first-order valence-corrected chi connectivity index (χ1v) is 8.33. The van der Waals surface area contributed by atoms with Gasteiger partial charge in [0.2, 0.25) is 5.91 Å². The fourth-order valence-electron chi connectivity index (χ4n) is 2.57. The zero-order chi connectivity index (χ0) is 19.5. The molecule has 26 heavy (non-hydrogen) atoms. The fraction of sp³-hybridized carbons (Fsp3) is 0.421. The van der Waals surface area contributed by atoms with Gasteiger partial charge in [0.25, 0.3) is 0 Å². The Morgan fingerprint density at radius 2 is 1.81 bits per heavy atom. The smallest absolute Gasteiger partial charge is 0.410 e. The van der Waals surface area contributed by atoms with Gasteiger partial charge in [-0.15, -0.1) is 0 Å². The predicted molar refractivity (Wildman–Crippen MR) is 96.1 cm³/mol. The molecule has 7 nitrogen and oxygen atoms in total. The number of hydrogen-bond donors (Lipinski definition) is 1. The van der Waals surface area contributed by atoms with Gasteiger partial charge in [0.05, 0.1) is 5.92 Å². The molecule has 1 aromatic carbocycles. The first kappa shape index (κ1) is 19.5. The molecular weight excluding hydrogens is 336 g/mol. The van der Waals surface area contributed by atoms with Gasteiger partial charge in [-0.2, -0.15) is 0 Å². The first-order valence-electron chi connectivity index (χ1n) is 8.33. The quantitative estimate of drug-likeness (QED) is 0.875. The Morgan fingerprint density at radius 1 is 1.19 bits per heavy atom. The Hall–Kier alpha value is -2.83. The molecular formula is C19H24N2O5. The van der Waals surface area contributed by atoms with Crippen LogP contribution in [0.1, 0.15) is 26.3 Å². The van der Waals surface area contributed by atoms with Gasteiger partial charge in [0.1, 0.15) is 12.1 Å². The summed E-state index contributed by atoms with van der Waals surface area (Å²) in [6, 6.07) is 9.09.